The van der Waals surface area contributed by atoms with Gasteiger partial charge in [-0.2, -0.15) is 13.2 Å². The largest absolute Gasteiger partial charge is 0.419 e. The van der Waals surface area contributed by atoms with Crippen LogP contribution in [-0.4, -0.2) is 18.0 Å². The molecule has 0 spiro atoms. The first kappa shape index (κ1) is 16.2. The highest BCUT2D eigenvalue weighted by atomic mass is 19.4. The Morgan fingerprint density at radius 1 is 1.22 bits per heavy atom. The second-order valence-electron chi connectivity index (χ2n) is 6.42. The van der Waals surface area contributed by atoms with Crippen LogP contribution in [0.15, 0.2) is 18.2 Å². The van der Waals surface area contributed by atoms with Gasteiger partial charge in [-0.25, -0.2) is 4.39 Å². The Balaban J connectivity index is 1.62. The summed E-state index contributed by atoms with van der Waals surface area (Å²) in [6.45, 7) is 0. The summed E-state index contributed by atoms with van der Waals surface area (Å²) in [6, 6.07) is 3.42. The van der Waals surface area contributed by atoms with Crippen LogP contribution in [0.2, 0.25) is 0 Å². The van der Waals surface area contributed by atoms with Gasteiger partial charge in [-0.3, -0.25) is 4.79 Å². The van der Waals surface area contributed by atoms with Crippen molar-refractivity contribution in [3.05, 3.63) is 29.6 Å². The van der Waals surface area contributed by atoms with Crippen molar-refractivity contribution in [3.8, 4) is 0 Å². The number of benzene rings is 1. The molecule has 126 valence electrons. The van der Waals surface area contributed by atoms with E-state index in [1.165, 1.54) is 0 Å². The predicted molar refractivity (Wildman–Crippen MR) is 77.3 cm³/mol. The van der Waals surface area contributed by atoms with Crippen LogP contribution in [0.5, 0.6) is 0 Å². The summed E-state index contributed by atoms with van der Waals surface area (Å²) >= 11 is 0. The smallest absolute Gasteiger partial charge is 0.326 e. The van der Waals surface area contributed by atoms with Crippen molar-refractivity contribution >= 4 is 11.6 Å². The van der Waals surface area contributed by atoms with E-state index in [0.717, 1.165) is 37.8 Å². The van der Waals surface area contributed by atoms with Gasteiger partial charge in [-0.1, -0.05) is 0 Å². The molecule has 2 atom stereocenters. The van der Waals surface area contributed by atoms with Crippen molar-refractivity contribution in [2.75, 3.05) is 5.32 Å². The number of nitrogens with one attached hydrogen (secondary N) is 2. The standard InChI is InChI=1S/C16H18F4N2O/c17-14-4-3-12(8-13(14)16(18,19)20)22-15(23)7-9-5-10-1-2-11(6-9)21-10/h3-4,8-11,21H,1-2,5-7H2,(H,22,23). The van der Waals surface area contributed by atoms with E-state index in [9.17, 15) is 22.4 Å². The lowest BCUT2D eigenvalue weighted by Gasteiger charge is -2.28. The number of alkyl halides is 3. The van der Waals surface area contributed by atoms with Crippen LogP contribution in [0.3, 0.4) is 0 Å². The molecule has 1 aromatic carbocycles. The molecule has 0 aliphatic carbocycles. The lowest BCUT2D eigenvalue weighted by Crippen LogP contribution is -2.39. The Labute approximate surface area is 131 Å². The second-order valence-corrected chi connectivity index (χ2v) is 6.42. The maximum absolute atomic E-state index is 13.2. The molecular weight excluding hydrogens is 312 g/mol. The van der Waals surface area contributed by atoms with Gasteiger partial charge in [-0.15, -0.1) is 0 Å². The summed E-state index contributed by atoms with van der Waals surface area (Å²) in [6.07, 6.45) is -0.417. The highest BCUT2D eigenvalue weighted by Crippen LogP contribution is 2.34. The van der Waals surface area contributed by atoms with Gasteiger partial charge in [-0.05, 0) is 49.8 Å². The number of rotatable bonds is 3. The number of amides is 1. The molecule has 23 heavy (non-hydrogen) atoms. The number of hydrogen-bond acceptors (Lipinski definition) is 2. The lowest BCUT2D eigenvalue weighted by molar-refractivity contribution is -0.140. The number of piperidine rings is 1. The fourth-order valence-corrected chi connectivity index (χ4v) is 3.64. The third-order valence-electron chi connectivity index (χ3n) is 4.60. The number of carbonyl (C=O) groups excluding carboxylic acids is 1. The third kappa shape index (κ3) is 3.83. The van der Waals surface area contributed by atoms with Crippen LogP contribution in [-0.2, 0) is 11.0 Å². The molecule has 2 aliphatic rings. The van der Waals surface area contributed by atoms with Crippen molar-refractivity contribution in [1.82, 2.24) is 5.32 Å². The van der Waals surface area contributed by atoms with Gasteiger partial charge in [0.1, 0.15) is 5.82 Å². The van der Waals surface area contributed by atoms with E-state index in [1.807, 2.05) is 0 Å². The van der Waals surface area contributed by atoms with Crippen LogP contribution in [0.25, 0.3) is 0 Å². The maximum atomic E-state index is 13.2. The Morgan fingerprint density at radius 2 is 1.87 bits per heavy atom. The molecule has 2 bridgehead atoms. The van der Waals surface area contributed by atoms with Crippen molar-refractivity contribution in [3.63, 3.8) is 0 Å². The molecule has 0 radical (unpaired) electrons. The van der Waals surface area contributed by atoms with E-state index in [2.05, 4.69) is 10.6 Å². The number of hydrogen-bond donors (Lipinski definition) is 2. The van der Waals surface area contributed by atoms with E-state index in [0.29, 0.717) is 18.2 Å². The van der Waals surface area contributed by atoms with E-state index in [1.54, 1.807) is 0 Å². The topological polar surface area (TPSA) is 41.1 Å². The Kier molecular flexibility index (Phi) is 4.31. The summed E-state index contributed by atoms with van der Waals surface area (Å²) in [5.74, 6) is -1.42. The quantitative estimate of drug-likeness (QED) is 0.830. The minimum atomic E-state index is -4.78. The molecule has 1 amide bonds. The molecule has 7 heteroatoms. The van der Waals surface area contributed by atoms with E-state index < -0.39 is 17.6 Å². The fraction of sp³-hybridized carbons (Fsp3) is 0.562. The van der Waals surface area contributed by atoms with Crippen molar-refractivity contribution in [1.29, 1.82) is 0 Å². The van der Waals surface area contributed by atoms with Crippen LogP contribution in [0.1, 0.15) is 37.7 Å². The minimum absolute atomic E-state index is 0.0272. The number of carbonyl (C=O) groups is 1. The van der Waals surface area contributed by atoms with Gasteiger partial charge in [0.05, 0.1) is 5.56 Å². The lowest BCUT2D eigenvalue weighted by atomic mass is 9.89. The van der Waals surface area contributed by atoms with E-state index in [4.69, 9.17) is 0 Å². The first-order chi connectivity index (χ1) is 10.8. The zero-order chi connectivity index (χ0) is 16.6. The van der Waals surface area contributed by atoms with E-state index in [-0.39, 0.29) is 23.9 Å². The van der Waals surface area contributed by atoms with Crippen LogP contribution in [0, 0.1) is 11.7 Å². The predicted octanol–water partition coefficient (Wildman–Crippen LogP) is 3.70. The highest BCUT2D eigenvalue weighted by Gasteiger charge is 2.35. The number of anilines is 1. The molecule has 2 N–H and O–H groups in total. The molecule has 2 aliphatic heterocycles. The molecule has 1 aromatic rings. The van der Waals surface area contributed by atoms with Gasteiger partial charge in [0, 0.05) is 24.2 Å². The summed E-state index contributed by atoms with van der Waals surface area (Å²) in [4.78, 5) is 12.1. The minimum Gasteiger partial charge on any atom is -0.326 e. The normalized spacial score (nSPS) is 27.0. The monoisotopic (exact) mass is 330 g/mol. The van der Waals surface area contributed by atoms with Gasteiger partial charge in [0.2, 0.25) is 5.91 Å². The Bertz CT molecular complexity index is 590. The molecule has 2 heterocycles. The molecule has 3 rings (SSSR count). The Hall–Kier alpha value is -1.63. The molecule has 2 saturated heterocycles. The average molecular weight is 330 g/mol. The van der Waals surface area contributed by atoms with Gasteiger partial charge in [0.25, 0.3) is 0 Å². The highest BCUT2D eigenvalue weighted by molar-refractivity contribution is 5.91. The number of halogens is 4. The third-order valence-corrected chi connectivity index (χ3v) is 4.60. The molecule has 0 aromatic heterocycles. The maximum Gasteiger partial charge on any atom is 0.419 e. The van der Waals surface area contributed by atoms with Crippen LogP contribution < -0.4 is 10.6 Å². The van der Waals surface area contributed by atoms with Crippen molar-refractivity contribution in [2.24, 2.45) is 5.92 Å². The molecule has 2 fully saturated rings. The van der Waals surface area contributed by atoms with Gasteiger partial charge < -0.3 is 10.6 Å². The molecule has 0 saturated carbocycles. The molecule has 3 nitrogen and oxygen atoms in total. The number of fused-ring (bicyclic) bond motifs is 2. The SMILES string of the molecule is O=C(CC1CC2CCC(C1)N2)Nc1ccc(F)c(C(F)(F)F)c1. The fourth-order valence-electron chi connectivity index (χ4n) is 3.64. The van der Waals surface area contributed by atoms with Crippen molar-refractivity contribution < 1.29 is 22.4 Å². The van der Waals surface area contributed by atoms with E-state index >= 15 is 0 Å². The zero-order valence-corrected chi connectivity index (χ0v) is 12.4. The zero-order valence-electron chi connectivity index (χ0n) is 12.4. The summed E-state index contributed by atoms with van der Waals surface area (Å²) in [7, 11) is 0. The Morgan fingerprint density at radius 3 is 2.48 bits per heavy atom. The van der Waals surface area contributed by atoms with Gasteiger partial charge >= 0.3 is 6.18 Å². The summed E-state index contributed by atoms with van der Waals surface area (Å²) < 4.78 is 51.2. The second kappa shape index (κ2) is 6.11. The van der Waals surface area contributed by atoms with Crippen molar-refractivity contribution in [2.45, 2.75) is 50.4 Å². The average Bonchev–Trinajstić information content (AvgIpc) is 2.79. The first-order valence-corrected chi connectivity index (χ1v) is 7.74. The van der Waals surface area contributed by atoms with Crippen LogP contribution in [0.4, 0.5) is 23.2 Å². The van der Waals surface area contributed by atoms with Crippen LogP contribution >= 0.6 is 0 Å². The molecular formula is C16H18F4N2O. The summed E-state index contributed by atoms with van der Waals surface area (Å²) in [5.41, 5.74) is -1.39. The summed E-state index contributed by atoms with van der Waals surface area (Å²) in [5, 5.41) is 5.93. The molecule has 2 unspecified atom stereocenters. The van der Waals surface area contributed by atoms with Gasteiger partial charge in [0.15, 0.2) is 0 Å². The first-order valence-electron chi connectivity index (χ1n) is 7.74.